The zero-order chi connectivity index (χ0) is 51.5. The maximum atomic E-state index is 14.0. The van der Waals surface area contributed by atoms with Crippen LogP contribution in [0.15, 0.2) is 43.0 Å². The number of para-hydroxylation sites is 1. The molecule has 0 radical (unpaired) electrons. The lowest BCUT2D eigenvalue weighted by atomic mass is 9.94. The average Bonchev–Trinajstić information content (AvgIpc) is 3.90. The highest BCUT2D eigenvalue weighted by atomic mass is 16.2. The molecule has 9 amide bonds. The summed E-state index contributed by atoms with van der Waals surface area (Å²) in [5, 5.41) is 19.6. The summed E-state index contributed by atoms with van der Waals surface area (Å²) in [6.45, 7) is 11.9. The molecule has 3 aromatic rings. The fourth-order valence-corrected chi connectivity index (χ4v) is 7.49. The van der Waals surface area contributed by atoms with Crippen molar-refractivity contribution in [1.29, 1.82) is 0 Å². The third kappa shape index (κ3) is 18.3. The van der Waals surface area contributed by atoms with Gasteiger partial charge in [0, 0.05) is 67.8 Å². The highest BCUT2D eigenvalue weighted by molar-refractivity contribution is 5.96. The van der Waals surface area contributed by atoms with E-state index in [1.165, 1.54) is 6.92 Å². The molecule has 0 spiro atoms. The number of hydrogen-bond acceptors (Lipinski definition) is 11. The lowest BCUT2D eigenvalue weighted by molar-refractivity contribution is -0.134. The molecule has 3 rings (SSSR count). The number of amides is 9. The smallest absolute Gasteiger partial charge is 0.243 e. The fourth-order valence-electron chi connectivity index (χ4n) is 7.49. The van der Waals surface area contributed by atoms with E-state index in [0.717, 1.165) is 10.9 Å². The van der Waals surface area contributed by atoms with Gasteiger partial charge in [0.05, 0.1) is 18.9 Å². The minimum absolute atomic E-state index is 0.00116. The van der Waals surface area contributed by atoms with Crippen molar-refractivity contribution in [3.63, 3.8) is 0 Å². The zero-order valence-electron chi connectivity index (χ0n) is 41.0. The first-order chi connectivity index (χ1) is 32.5. The number of primary amides is 2. The van der Waals surface area contributed by atoms with E-state index in [4.69, 9.17) is 17.2 Å². The Kier molecular flexibility index (Phi) is 22.3. The van der Waals surface area contributed by atoms with Crippen LogP contribution in [0.4, 0.5) is 0 Å². The summed E-state index contributed by atoms with van der Waals surface area (Å²) >= 11 is 0. The maximum Gasteiger partial charge on any atom is 0.243 e. The minimum atomic E-state index is -1.21. The van der Waals surface area contributed by atoms with E-state index < -0.39 is 102 Å². The first kappa shape index (κ1) is 56.5. The topological polar surface area (TPSA) is 350 Å². The molecule has 0 saturated carbocycles. The minimum Gasteiger partial charge on any atom is -0.370 e. The normalized spacial score (nSPS) is 14.8. The molecule has 22 heteroatoms. The molecule has 2 unspecified atom stereocenters. The van der Waals surface area contributed by atoms with Gasteiger partial charge in [-0.1, -0.05) is 66.2 Å². The molecule has 8 atom stereocenters. The SMILES string of the molecule is CCC(C)C(CCC(=O)N[C@@H](CC(C)C)C(N)=O)NC(=O)[C@H](Cc1cncn1C)NC(=O)CNC(=O)[C@@H](NC(=O)[C@H](C)NC(=O)[C@H](Cc1c[nH]c2ccccc12)NC(=O)[C@@H](N)CCC(N)=O)C(C)C. The van der Waals surface area contributed by atoms with E-state index in [-0.39, 0.29) is 56.3 Å². The summed E-state index contributed by atoms with van der Waals surface area (Å²) in [6.07, 6.45) is 5.95. The van der Waals surface area contributed by atoms with E-state index in [0.29, 0.717) is 24.1 Å². The van der Waals surface area contributed by atoms with Gasteiger partial charge in [0.1, 0.15) is 30.2 Å². The second-order valence-electron chi connectivity index (χ2n) is 18.4. The van der Waals surface area contributed by atoms with E-state index in [9.17, 15) is 43.2 Å². The number of carbonyl (C=O) groups excluding carboxylic acids is 9. The standard InChI is InChI=1S/C47H73N13O9/c1-9-27(6)33(15-17-39(62)55-35(42(50)64)18-25(2)3)57-46(68)37(20-30-22-51-24-60(30)8)56-40(63)23-53-47(69)41(26(4)5)59-43(65)28(7)54-45(67)36(58-44(66)32(48)14-16-38(49)61)19-29-21-52-34-13-11-10-12-31(29)34/h10-13,21-22,24-28,32-33,35-37,41,52H,9,14-20,23,48H2,1-8H3,(H2,49,61)(H2,50,64)(H,53,69)(H,54,67)(H,55,62)(H,56,63)(H,57,68)(H,58,66)(H,59,65)/t27?,28-,32-,33?,35-,36-,37-,41-/m0/s1. The van der Waals surface area contributed by atoms with Crippen LogP contribution in [0.5, 0.6) is 0 Å². The van der Waals surface area contributed by atoms with Crippen LogP contribution in [0, 0.1) is 17.8 Å². The fraction of sp³-hybridized carbons (Fsp3) is 0.574. The number of nitrogens with one attached hydrogen (secondary N) is 8. The summed E-state index contributed by atoms with van der Waals surface area (Å²) in [6, 6.07) is 0.192. The van der Waals surface area contributed by atoms with Gasteiger partial charge in [-0.3, -0.25) is 43.2 Å². The number of aromatic nitrogens is 3. The van der Waals surface area contributed by atoms with Gasteiger partial charge < -0.3 is 64.0 Å². The average molecular weight is 964 g/mol. The molecule has 0 saturated heterocycles. The van der Waals surface area contributed by atoms with Crippen LogP contribution in [0.2, 0.25) is 0 Å². The molecule has 22 nitrogen and oxygen atoms in total. The predicted molar refractivity (Wildman–Crippen MR) is 258 cm³/mol. The Morgan fingerprint density at radius 3 is 1.99 bits per heavy atom. The highest BCUT2D eigenvalue weighted by Gasteiger charge is 2.32. The van der Waals surface area contributed by atoms with Crippen LogP contribution in [-0.4, -0.2) is 117 Å². The van der Waals surface area contributed by atoms with Crippen molar-refractivity contribution in [2.75, 3.05) is 6.54 Å². The number of imidazole rings is 1. The van der Waals surface area contributed by atoms with Gasteiger partial charge in [0.25, 0.3) is 0 Å². The van der Waals surface area contributed by atoms with Gasteiger partial charge in [0.2, 0.25) is 53.2 Å². The molecule has 69 heavy (non-hydrogen) atoms. The van der Waals surface area contributed by atoms with Crippen molar-refractivity contribution in [3.05, 3.63) is 54.2 Å². The van der Waals surface area contributed by atoms with Crippen LogP contribution >= 0.6 is 0 Å². The Labute approximate surface area is 402 Å². The van der Waals surface area contributed by atoms with Crippen molar-refractivity contribution in [1.82, 2.24) is 51.8 Å². The van der Waals surface area contributed by atoms with E-state index >= 15 is 0 Å². The maximum absolute atomic E-state index is 14.0. The Morgan fingerprint density at radius 2 is 1.38 bits per heavy atom. The number of H-pyrrole nitrogens is 1. The first-order valence-corrected chi connectivity index (χ1v) is 23.4. The Balaban J connectivity index is 1.68. The van der Waals surface area contributed by atoms with Gasteiger partial charge in [-0.05, 0) is 55.6 Å². The van der Waals surface area contributed by atoms with E-state index in [1.54, 1.807) is 44.2 Å². The van der Waals surface area contributed by atoms with Crippen LogP contribution in [0.1, 0.15) is 98.2 Å². The molecule has 0 aliphatic carbocycles. The number of nitrogens with two attached hydrogens (primary N) is 3. The lowest BCUT2D eigenvalue weighted by Crippen LogP contribution is -2.58. The molecule has 0 fully saturated rings. The quantitative estimate of drug-likeness (QED) is 0.0415. The molecular weight excluding hydrogens is 891 g/mol. The molecular formula is C47H73N13O9. The van der Waals surface area contributed by atoms with Crippen LogP contribution in [0.3, 0.4) is 0 Å². The monoisotopic (exact) mass is 964 g/mol. The summed E-state index contributed by atoms with van der Waals surface area (Å²) in [5.41, 5.74) is 18.9. The Hall–Kier alpha value is -6.84. The number of carbonyl (C=O) groups is 9. The third-order valence-corrected chi connectivity index (χ3v) is 11.9. The van der Waals surface area contributed by atoms with Crippen LogP contribution in [0.25, 0.3) is 10.9 Å². The number of aryl methyl sites for hydroxylation is 1. The largest absolute Gasteiger partial charge is 0.370 e. The summed E-state index contributed by atoms with van der Waals surface area (Å²) < 4.78 is 1.70. The molecule has 2 aromatic heterocycles. The van der Waals surface area contributed by atoms with Crippen molar-refractivity contribution < 1.29 is 43.2 Å². The van der Waals surface area contributed by atoms with Crippen molar-refractivity contribution in [2.24, 2.45) is 42.0 Å². The molecule has 0 aliphatic rings. The molecule has 380 valence electrons. The van der Waals surface area contributed by atoms with Gasteiger partial charge in [-0.15, -0.1) is 0 Å². The van der Waals surface area contributed by atoms with Crippen molar-refractivity contribution in [3.8, 4) is 0 Å². The summed E-state index contributed by atoms with van der Waals surface area (Å²) in [4.78, 5) is 125. The van der Waals surface area contributed by atoms with E-state index in [1.807, 2.05) is 52.0 Å². The number of rotatable bonds is 29. The number of hydrogen-bond donors (Lipinski definition) is 11. The first-order valence-electron chi connectivity index (χ1n) is 23.4. The molecule has 0 bridgehead atoms. The molecule has 0 aliphatic heterocycles. The van der Waals surface area contributed by atoms with Crippen LogP contribution < -0.4 is 54.4 Å². The predicted octanol–water partition coefficient (Wildman–Crippen LogP) is -0.662. The second-order valence-corrected chi connectivity index (χ2v) is 18.4. The van der Waals surface area contributed by atoms with Crippen molar-refractivity contribution in [2.45, 2.75) is 142 Å². The molecule has 2 heterocycles. The van der Waals surface area contributed by atoms with Crippen LogP contribution in [-0.2, 0) is 63.0 Å². The van der Waals surface area contributed by atoms with E-state index in [2.05, 4.69) is 47.2 Å². The number of nitrogens with zero attached hydrogens (tertiary/aromatic N) is 2. The Bertz CT molecular complexity index is 2260. The highest BCUT2D eigenvalue weighted by Crippen LogP contribution is 2.20. The molecule has 14 N–H and O–H groups in total. The number of fused-ring (bicyclic) bond motifs is 1. The number of benzene rings is 1. The van der Waals surface area contributed by atoms with Crippen molar-refractivity contribution >= 4 is 64.1 Å². The van der Waals surface area contributed by atoms with Gasteiger partial charge in [0.15, 0.2) is 0 Å². The van der Waals surface area contributed by atoms with Gasteiger partial charge in [-0.2, -0.15) is 0 Å². The Morgan fingerprint density at radius 1 is 0.725 bits per heavy atom. The third-order valence-electron chi connectivity index (χ3n) is 11.9. The summed E-state index contributed by atoms with van der Waals surface area (Å²) in [7, 11) is 1.74. The zero-order valence-corrected chi connectivity index (χ0v) is 41.0. The molecule has 1 aromatic carbocycles. The lowest BCUT2D eigenvalue weighted by Gasteiger charge is -2.28. The summed E-state index contributed by atoms with van der Waals surface area (Å²) in [5.74, 6) is -6.23. The number of aromatic amines is 1. The second kappa shape index (κ2) is 27.2. The van der Waals surface area contributed by atoms with Gasteiger partial charge in [-0.25, -0.2) is 4.98 Å². The van der Waals surface area contributed by atoms with Gasteiger partial charge >= 0.3 is 0 Å².